The maximum Gasteiger partial charge on any atom is 0.332 e. The SMILES string of the molecule is Cc1ccc(S(=O)(=O)OCCOCCOCCOCCOCCOCCOCCOCCOCCOCCOCCOCC(=O)OC(C)(C)C)cc1. The van der Waals surface area contributed by atoms with E-state index in [9.17, 15) is 13.2 Å². The highest BCUT2D eigenvalue weighted by atomic mass is 32.2. The Morgan fingerprint density at radius 3 is 1.02 bits per heavy atom. The molecule has 0 aromatic heterocycles. The van der Waals surface area contributed by atoms with Crippen molar-refractivity contribution in [2.45, 2.75) is 38.2 Å². The van der Waals surface area contributed by atoms with E-state index >= 15 is 0 Å². The number of hydrogen-bond acceptors (Lipinski definition) is 16. The van der Waals surface area contributed by atoms with Crippen LogP contribution >= 0.6 is 0 Å². The molecule has 1 aromatic rings. The van der Waals surface area contributed by atoms with Crippen LogP contribution in [0.25, 0.3) is 0 Å². The molecule has 0 aliphatic rings. The zero-order valence-electron chi connectivity index (χ0n) is 31.5. The van der Waals surface area contributed by atoms with Crippen LogP contribution in [0.1, 0.15) is 26.3 Å². The summed E-state index contributed by atoms with van der Waals surface area (Å²) in [7, 11) is -3.78. The molecule has 0 aliphatic carbocycles. The zero-order valence-corrected chi connectivity index (χ0v) is 32.3. The summed E-state index contributed by atoms with van der Waals surface area (Å²) in [4.78, 5) is 11.6. The molecule has 0 aliphatic heterocycles. The van der Waals surface area contributed by atoms with E-state index in [-0.39, 0.29) is 24.7 Å². The van der Waals surface area contributed by atoms with Crippen molar-refractivity contribution >= 4 is 16.1 Å². The Morgan fingerprint density at radius 2 is 0.731 bits per heavy atom. The first-order valence-corrected chi connectivity index (χ1v) is 19.0. The lowest BCUT2D eigenvalue weighted by Crippen LogP contribution is -2.27. The average molecular weight is 771 g/mol. The fourth-order valence-corrected chi connectivity index (χ4v) is 4.59. The summed E-state index contributed by atoms with van der Waals surface area (Å²) in [5, 5.41) is 0. The maximum atomic E-state index is 12.1. The van der Waals surface area contributed by atoms with Crippen LogP contribution < -0.4 is 0 Å². The second-order valence-corrected chi connectivity index (χ2v) is 13.5. The number of benzene rings is 1. The molecule has 0 heterocycles. The van der Waals surface area contributed by atoms with Crippen LogP contribution in [0.4, 0.5) is 0 Å². The van der Waals surface area contributed by atoms with Crippen LogP contribution in [0.5, 0.6) is 0 Å². The third-order valence-corrected chi connectivity index (χ3v) is 7.46. The second kappa shape index (κ2) is 32.6. The van der Waals surface area contributed by atoms with Crippen LogP contribution in [0.15, 0.2) is 29.2 Å². The minimum absolute atomic E-state index is 0.0651. The second-order valence-electron chi connectivity index (χ2n) is 11.9. The molecule has 0 saturated heterocycles. The Bertz CT molecular complexity index is 1070. The Kier molecular flexibility index (Phi) is 30.2. The lowest BCUT2D eigenvalue weighted by molar-refractivity contribution is -0.160. The molecular weight excluding hydrogens is 708 g/mol. The molecule has 304 valence electrons. The predicted octanol–water partition coefficient (Wildman–Crippen LogP) is 2.22. The normalized spacial score (nSPS) is 12.1. The van der Waals surface area contributed by atoms with Crippen molar-refractivity contribution in [1.29, 1.82) is 0 Å². The van der Waals surface area contributed by atoms with Gasteiger partial charge < -0.3 is 56.8 Å². The van der Waals surface area contributed by atoms with Gasteiger partial charge in [0.15, 0.2) is 0 Å². The van der Waals surface area contributed by atoms with E-state index < -0.39 is 21.7 Å². The Hall–Kier alpha value is -1.84. The number of ether oxygens (including phenoxy) is 12. The van der Waals surface area contributed by atoms with Gasteiger partial charge in [-0.05, 0) is 39.8 Å². The van der Waals surface area contributed by atoms with Crippen LogP contribution in [0, 0.1) is 6.92 Å². The van der Waals surface area contributed by atoms with Gasteiger partial charge in [-0.25, -0.2) is 4.79 Å². The highest BCUT2D eigenvalue weighted by molar-refractivity contribution is 7.86. The first-order valence-electron chi connectivity index (χ1n) is 17.6. The summed E-state index contributed by atoms with van der Waals surface area (Å²) in [6, 6.07) is 6.47. The van der Waals surface area contributed by atoms with Gasteiger partial charge >= 0.3 is 5.97 Å². The van der Waals surface area contributed by atoms with Crippen molar-refractivity contribution in [1.82, 2.24) is 0 Å². The molecule has 0 radical (unpaired) electrons. The highest BCUT2D eigenvalue weighted by Gasteiger charge is 2.16. The predicted molar refractivity (Wildman–Crippen MR) is 189 cm³/mol. The van der Waals surface area contributed by atoms with Gasteiger partial charge in [-0.2, -0.15) is 8.42 Å². The van der Waals surface area contributed by atoms with Gasteiger partial charge in [-0.1, -0.05) is 17.7 Å². The molecule has 0 spiro atoms. The number of carbonyl (C=O) groups excluding carboxylic acids is 1. The monoisotopic (exact) mass is 770 g/mol. The van der Waals surface area contributed by atoms with Crippen LogP contribution in [0.3, 0.4) is 0 Å². The largest absolute Gasteiger partial charge is 0.458 e. The van der Waals surface area contributed by atoms with Crippen LogP contribution in [-0.4, -0.2) is 172 Å². The lowest BCUT2D eigenvalue weighted by Gasteiger charge is -2.19. The van der Waals surface area contributed by atoms with Gasteiger partial charge in [0.2, 0.25) is 0 Å². The van der Waals surface area contributed by atoms with E-state index in [4.69, 9.17) is 61.0 Å². The minimum atomic E-state index is -3.78. The number of esters is 1. The Morgan fingerprint density at radius 1 is 0.462 bits per heavy atom. The molecule has 0 bridgehead atoms. The molecule has 0 unspecified atom stereocenters. The van der Waals surface area contributed by atoms with E-state index in [0.29, 0.717) is 132 Å². The topological polar surface area (TPSA) is 171 Å². The van der Waals surface area contributed by atoms with Crippen molar-refractivity contribution in [2.75, 3.05) is 152 Å². The van der Waals surface area contributed by atoms with Gasteiger partial charge in [-0.15, -0.1) is 0 Å². The van der Waals surface area contributed by atoms with E-state index in [1.165, 1.54) is 12.1 Å². The van der Waals surface area contributed by atoms with Crippen LogP contribution in [0.2, 0.25) is 0 Å². The average Bonchev–Trinajstić information content (AvgIpc) is 3.09. The molecule has 0 N–H and O–H groups in total. The number of rotatable bonds is 37. The molecule has 17 heteroatoms. The van der Waals surface area contributed by atoms with E-state index in [1.807, 2.05) is 27.7 Å². The van der Waals surface area contributed by atoms with Gasteiger partial charge in [0.05, 0.1) is 150 Å². The zero-order chi connectivity index (χ0) is 38.0. The maximum absolute atomic E-state index is 12.1. The van der Waals surface area contributed by atoms with Crippen molar-refractivity contribution in [3.8, 4) is 0 Å². The molecule has 0 fully saturated rings. The highest BCUT2D eigenvalue weighted by Crippen LogP contribution is 2.13. The summed E-state index contributed by atoms with van der Waals surface area (Å²) >= 11 is 0. The number of hydrogen-bond donors (Lipinski definition) is 0. The first-order chi connectivity index (χ1) is 25.1. The third kappa shape index (κ3) is 31.7. The summed E-state index contributed by atoms with van der Waals surface area (Å²) in [6.07, 6.45) is 0. The molecule has 52 heavy (non-hydrogen) atoms. The summed E-state index contributed by atoms with van der Waals surface area (Å²) < 4.78 is 93.8. The van der Waals surface area contributed by atoms with Gasteiger partial charge in [0.1, 0.15) is 12.2 Å². The van der Waals surface area contributed by atoms with E-state index in [2.05, 4.69) is 0 Å². The molecule has 1 aromatic carbocycles. The molecular formula is C35H62O16S. The van der Waals surface area contributed by atoms with E-state index in [0.717, 1.165) is 5.56 Å². The smallest absolute Gasteiger partial charge is 0.332 e. The van der Waals surface area contributed by atoms with Crippen molar-refractivity contribution in [2.24, 2.45) is 0 Å². The third-order valence-electron chi connectivity index (χ3n) is 6.14. The van der Waals surface area contributed by atoms with Gasteiger partial charge in [0, 0.05) is 0 Å². The molecule has 1 rings (SSSR count). The van der Waals surface area contributed by atoms with Gasteiger partial charge in [-0.3, -0.25) is 4.18 Å². The lowest BCUT2D eigenvalue weighted by atomic mass is 10.2. The minimum Gasteiger partial charge on any atom is -0.458 e. The Labute approximate surface area is 309 Å². The molecule has 0 atom stereocenters. The molecule has 0 amide bonds. The van der Waals surface area contributed by atoms with Crippen molar-refractivity contribution in [3.63, 3.8) is 0 Å². The standard InChI is InChI=1S/C35H62O16S/c1-32-5-7-33(8-6-32)52(37,38)50-30-29-48-26-25-46-22-21-44-18-17-42-14-13-40-10-9-39-11-12-41-15-16-43-19-20-45-23-24-47-27-28-49-31-34(36)51-35(2,3)4/h5-8H,9-31H2,1-4H3. The Balaban J connectivity index is 1.68. The van der Waals surface area contributed by atoms with Crippen molar-refractivity contribution < 1.29 is 74.2 Å². The first kappa shape index (κ1) is 48.2. The van der Waals surface area contributed by atoms with Gasteiger partial charge in [0.25, 0.3) is 10.1 Å². The fourth-order valence-electron chi connectivity index (χ4n) is 3.70. The molecule has 16 nitrogen and oxygen atoms in total. The summed E-state index contributed by atoms with van der Waals surface area (Å²) in [6.45, 7) is 16.0. The van der Waals surface area contributed by atoms with Crippen molar-refractivity contribution in [3.05, 3.63) is 29.8 Å². The molecule has 0 saturated carbocycles. The number of aryl methyl sites for hydroxylation is 1. The van der Waals surface area contributed by atoms with E-state index in [1.54, 1.807) is 12.1 Å². The summed E-state index contributed by atoms with van der Waals surface area (Å²) in [5.41, 5.74) is 0.452. The number of carbonyl (C=O) groups is 1. The summed E-state index contributed by atoms with van der Waals surface area (Å²) in [5.74, 6) is -0.394. The van der Waals surface area contributed by atoms with Crippen LogP contribution in [-0.2, 0) is 75.9 Å². The quantitative estimate of drug-likeness (QED) is 0.0548. The fraction of sp³-hybridized carbons (Fsp3) is 0.800.